The molecule has 21 heavy (non-hydrogen) atoms. The van der Waals surface area contributed by atoms with Gasteiger partial charge in [-0.2, -0.15) is 0 Å². The number of ether oxygens (including phenoxy) is 2. The summed E-state index contributed by atoms with van der Waals surface area (Å²) >= 11 is 0. The van der Waals surface area contributed by atoms with E-state index in [-0.39, 0.29) is 17.7 Å². The summed E-state index contributed by atoms with van der Waals surface area (Å²) in [5.74, 6) is 0.915. The van der Waals surface area contributed by atoms with Crippen LogP contribution in [-0.2, 0) is 4.74 Å². The monoisotopic (exact) mass is 293 g/mol. The van der Waals surface area contributed by atoms with Crippen molar-refractivity contribution in [3.63, 3.8) is 0 Å². The van der Waals surface area contributed by atoms with Gasteiger partial charge < -0.3 is 14.8 Å². The average Bonchev–Trinajstić information content (AvgIpc) is 2.48. The zero-order valence-corrected chi connectivity index (χ0v) is 14.4. The molecule has 3 heteroatoms. The number of hydrogen-bond acceptors (Lipinski definition) is 3. The standard InChI is InChI=1S/C18H31NO2/c1-7-18(8-2,20-9-3)17(19-6)15-10-12-16(13-11-15)21-14(4)5/h10-14,17,19H,7-9H2,1-6H3. The second-order valence-corrected chi connectivity index (χ2v) is 5.66. The predicted molar refractivity (Wildman–Crippen MR) is 88.9 cm³/mol. The van der Waals surface area contributed by atoms with Crippen molar-refractivity contribution < 1.29 is 9.47 Å². The lowest BCUT2D eigenvalue weighted by Crippen LogP contribution is -2.44. The highest BCUT2D eigenvalue weighted by Crippen LogP contribution is 2.35. The van der Waals surface area contributed by atoms with Gasteiger partial charge in [-0.05, 0) is 58.4 Å². The molecule has 1 aromatic carbocycles. The summed E-state index contributed by atoms with van der Waals surface area (Å²) in [5.41, 5.74) is 1.08. The number of hydrogen-bond donors (Lipinski definition) is 1. The molecule has 0 heterocycles. The van der Waals surface area contributed by atoms with Gasteiger partial charge in [-0.1, -0.05) is 26.0 Å². The molecular formula is C18H31NO2. The second kappa shape index (κ2) is 8.40. The van der Waals surface area contributed by atoms with E-state index in [1.165, 1.54) is 5.56 Å². The van der Waals surface area contributed by atoms with Crippen LogP contribution in [0.5, 0.6) is 5.75 Å². The number of nitrogens with one attached hydrogen (secondary N) is 1. The van der Waals surface area contributed by atoms with Gasteiger partial charge in [0.1, 0.15) is 5.75 Å². The second-order valence-electron chi connectivity index (χ2n) is 5.66. The molecule has 0 aromatic heterocycles. The normalized spacial score (nSPS) is 13.5. The zero-order chi connectivity index (χ0) is 15.9. The van der Waals surface area contributed by atoms with Crippen molar-refractivity contribution in [2.24, 2.45) is 0 Å². The lowest BCUT2D eigenvalue weighted by atomic mass is 9.83. The van der Waals surface area contributed by atoms with E-state index in [0.29, 0.717) is 0 Å². The molecule has 0 aliphatic heterocycles. The van der Waals surface area contributed by atoms with E-state index in [0.717, 1.165) is 25.2 Å². The largest absolute Gasteiger partial charge is 0.491 e. The molecule has 0 amide bonds. The fourth-order valence-corrected chi connectivity index (χ4v) is 2.98. The predicted octanol–water partition coefficient (Wildman–Crippen LogP) is 4.33. The Labute approximate surface area is 130 Å². The molecule has 1 unspecified atom stereocenters. The maximum Gasteiger partial charge on any atom is 0.119 e. The van der Waals surface area contributed by atoms with E-state index in [1.807, 2.05) is 33.0 Å². The first-order valence-electron chi connectivity index (χ1n) is 8.10. The van der Waals surface area contributed by atoms with Gasteiger partial charge in [-0.25, -0.2) is 0 Å². The quantitative estimate of drug-likeness (QED) is 0.735. The Kier molecular flexibility index (Phi) is 7.20. The highest BCUT2D eigenvalue weighted by molar-refractivity contribution is 5.31. The molecule has 0 saturated carbocycles. The van der Waals surface area contributed by atoms with Gasteiger partial charge in [0, 0.05) is 6.61 Å². The van der Waals surface area contributed by atoms with Crippen molar-refractivity contribution in [1.82, 2.24) is 5.32 Å². The molecule has 0 saturated heterocycles. The Morgan fingerprint density at radius 2 is 1.62 bits per heavy atom. The molecule has 0 aliphatic carbocycles. The summed E-state index contributed by atoms with van der Waals surface area (Å²) in [4.78, 5) is 0. The lowest BCUT2D eigenvalue weighted by Gasteiger charge is -2.39. The maximum absolute atomic E-state index is 6.14. The summed E-state index contributed by atoms with van der Waals surface area (Å²) < 4.78 is 11.9. The van der Waals surface area contributed by atoms with Crippen LogP contribution in [-0.4, -0.2) is 25.4 Å². The van der Waals surface area contributed by atoms with E-state index < -0.39 is 0 Å². The number of rotatable bonds is 9. The van der Waals surface area contributed by atoms with Crippen molar-refractivity contribution in [1.29, 1.82) is 0 Å². The minimum atomic E-state index is -0.163. The Balaban J connectivity index is 3.02. The van der Waals surface area contributed by atoms with Gasteiger partial charge in [0.05, 0.1) is 17.7 Å². The van der Waals surface area contributed by atoms with E-state index >= 15 is 0 Å². The molecule has 1 aromatic rings. The highest BCUT2D eigenvalue weighted by atomic mass is 16.5. The molecule has 120 valence electrons. The average molecular weight is 293 g/mol. The number of likely N-dealkylation sites (N-methyl/N-ethyl adjacent to an activating group) is 1. The molecule has 0 radical (unpaired) electrons. The van der Waals surface area contributed by atoms with Gasteiger partial charge in [0.2, 0.25) is 0 Å². The lowest BCUT2D eigenvalue weighted by molar-refractivity contribution is -0.0717. The minimum Gasteiger partial charge on any atom is -0.491 e. The van der Waals surface area contributed by atoms with Crippen LogP contribution in [0.1, 0.15) is 59.1 Å². The molecule has 0 fully saturated rings. The fourth-order valence-electron chi connectivity index (χ4n) is 2.98. The summed E-state index contributed by atoms with van der Waals surface area (Å²) in [7, 11) is 2.00. The molecule has 0 aliphatic rings. The Hall–Kier alpha value is -1.06. The fraction of sp³-hybridized carbons (Fsp3) is 0.667. The van der Waals surface area contributed by atoms with E-state index in [9.17, 15) is 0 Å². The third-order valence-electron chi connectivity index (χ3n) is 4.03. The molecule has 1 N–H and O–H groups in total. The van der Waals surface area contributed by atoms with E-state index in [4.69, 9.17) is 9.47 Å². The molecule has 1 rings (SSSR count). The first kappa shape index (κ1) is 18.0. The van der Waals surface area contributed by atoms with Gasteiger partial charge in [-0.3, -0.25) is 0 Å². The van der Waals surface area contributed by atoms with Crippen LogP contribution in [0.15, 0.2) is 24.3 Å². The first-order chi connectivity index (χ1) is 10.0. The van der Waals surface area contributed by atoms with Crippen LogP contribution >= 0.6 is 0 Å². The Morgan fingerprint density at radius 3 is 2.00 bits per heavy atom. The van der Waals surface area contributed by atoms with Gasteiger partial charge in [0.15, 0.2) is 0 Å². The van der Waals surface area contributed by atoms with Gasteiger partial charge >= 0.3 is 0 Å². The maximum atomic E-state index is 6.14. The SMILES string of the molecule is CCOC(CC)(CC)C(NC)c1ccc(OC(C)C)cc1. The molecule has 0 spiro atoms. The third-order valence-corrected chi connectivity index (χ3v) is 4.03. The van der Waals surface area contributed by atoms with Crippen molar-refractivity contribution in [3.05, 3.63) is 29.8 Å². The summed E-state index contributed by atoms with van der Waals surface area (Å²) in [6.45, 7) is 11.3. The molecule has 1 atom stereocenters. The zero-order valence-electron chi connectivity index (χ0n) is 14.4. The minimum absolute atomic E-state index is 0.163. The van der Waals surface area contributed by atoms with Crippen molar-refractivity contribution in [3.8, 4) is 5.75 Å². The van der Waals surface area contributed by atoms with Crippen LogP contribution in [0.4, 0.5) is 0 Å². The topological polar surface area (TPSA) is 30.5 Å². The molecule has 3 nitrogen and oxygen atoms in total. The highest BCUT2D eigenvalue weighted by Gasteiger charge is 2.36. The van der Waals surface area contributed by atoms with Crippen LogP contribution in [0.25, 0.3) is 0 Å². The third kappa shape index (κ3) is 4.45. The van der Waals surface area contributed by atoms with Gasteiger partial charge in [-0.15, -0.1) is 0 Å². The van der Waals surface area contributed by atoms with Gasteiger partial charge in [0.25, 0.3) is 0 Å². The van der Waals surface area contributed by atoms with E-state index in [2.05, 4.69) is 38.2 Å². The summed E-state index contributed by atoms with van der Waals surface area (Å²) in [6, 6.07) is 8.54. The number of benzene rings is 1. The van der Waals surface area contributed by atoms with Crippen molar-refractivity contribution in [2.45, 2.75) is 65.2 Å². The van der Waals surface area contributed by atoms with Crippen LogP contribution in [0.2, 0.25) is 0 Å². The van der Waals surface area contributed by atoms with Crippen LogP contribution < -0.4 is 10.1 Å². The first-order valence-corrected chi connectivity index (χ1v) is 8.10. The van der Waals surface area contributed by atoms with Crippen molar-refractivity contribution >= 4 is 0 Å². The molecule has 0 bridgehead atoms. The summed E-state index contributed by atoms with van der Waals surface area (Å²) in [5, 5.41) is 3.44. The van der Waals surface area contributed by atoms with E-state index in [1.54, 1.807) is 0 Å². The Bertz CT molecular complexity index is 396. The van der Waals surface area contributed by atoms with Crippen molar-refractivity contribution in [2.75, 3.05) is 13.7 Å². The van der Waals surface area contributed by atoms with Crippen LogP contribution in [0.3, 0.4) is 0 Å². The van der Waals surface area contributed by atoms with Crippen LogP contribution in [0, 0.1) is 0 Å². The molecular weight excluding hydrogens is 262 g/mol. The summed E-state index contributed by atoms with van der Waals surface area (Å²) in [6.07, 6.45) is 2.16. The smallest absolute Gasteiger partial charge is 0.119 e. The Morgan fingerprint density at radius 1 is 1.05 bits per heavy atom.